The van der Waals surface area contributed by atoms with E-state index in [2.05, 4.69) is 10.2 Å². The molecule has 2 atom stereocenters. The number of benzene rings is 1. The molecule has 0 bridgehead atoms. The van der Waals surface area contributed by atoms with Crippen LogP contribution in [0.1, 0.15) is 35.2 Å². The van der Waals surface area contributed by atoms with E-state index >= 15 is 0 Å². The van der Waals surface area contributed by atoms with Crippen molar-refractivity contribution >= 4 is 5.91 Å². The van der Waals surface area contributed by atoms with E-state index in [1.807, 2.05) is 24.3 Å². The Morgan fingerprint density at radius 1 is 1.37 bits per heavy atom. The summed E-state index contributed by atoms with van der Waals surface area (Å²) in [5.74, 6) is 0.0362. The fraction of sp³-hybridized carbons (Fsp3) is 0.533. The van der Waals surface area contributed by atoms with Gasteiger partial charge in [0.2, 0.25) is 0 Å². The van der Waals surface area contributed by atoms with Gasteiger partial charge in [0, 0.05) is 30.7 Å². The summed E-state index contributed by atoms with van der Waals surface area (Å²) in [5, 5.41) is 3.20. The first kappa shape index (κ1) is 12.6. The van der Waals surface area contributed by atoms with Gasteiger partial charge in [0.15, 0.2) is 0 Å². The Morgan fingerprint density at radius 2 is 2.26 bits per heavy atom. The highest BCUT2D eigenvalue weighted by Gasteiger charge is 2.37. The average molecular weight is 259 g/mol. The van der Waals surface area contributed by atoms with Crippen LogP contribution in [0.2, 0.25) is 0 Å². The molecule has 2 unspecified atom stereocenters. The van der Waals surface area contributed by atoms with Crippen molar-refractivity contribution in [1.82, 2.24) is 10.2 Å². The molecule has 2 saturated heterocycles. The van der Waals surface area contributed by atoms with Crippen LogP contribution in [-0.4, -0.2) is 36.0 Å². The summed E-state index contributed by atoms with van der Waals surface area (Å²) in [6.45, 7) is 2.79. The van der Waals surface area contributed by atoms with Crippen LogP contribution in [0.5, 0.6) is 0 Å². The first-order valence-corrected chi connectivity index (χ1v) is 7.12. The maximum absolute atomic E-state index is 12.3. The summed E-state index contributed by atoms with van der Waals surface area (Å²) in [5.41, 5.74) is 7.34. The van der Waals surface area contributed by atoms with Crippen molar-refractivity contribution in [2.75, 3.05) is 13.1 Å². The number of hydrogen-bond acceptors (Lipinski definition) is 3. The predicted molar refractivity (Wildman–Crippen MR) is 74.8 cm³/mol. The summed E-state index contributed by atoms with van der Waals surface area (Å²) < 4.78 is 0. The maximum atomic E-state index is 12.3. The monoisotopic (exact) mass is 259 g/mol. The summed E-state index contributed by atoms with van der Waals surface area (Å²) in [6, 6.07) is 8.46. The molecule has 19 heavy (non-hydrogen) atoms. The molecule has 1 aromatic carbocycles. The first-order chi connectivity index (χ1) is 9.28. The molecule has 4 nitrogen and oxygen atoms in total. The fourth-order valence-electron chi connectivity index (χ4n) is 3.34. The zero-order valence-corrected chi connectivity index (χ0v) is 11.1. The first-order valence-electron chi connectivity index (χ1n) is 7.12. The molecule has 1 aromatic rings. The SMILES string of the molecule is NCc1cccc(C(=O)NC2CCN3CCCC23)c1. The number of nitrogens with one attached hydrogen (secondary N) is 1. The number of hydrogen-bond donors (Lipinski definition) is 2. The Kier molecular flexibility index (Phi) is 3.53. The van der Waals surface area contributed by atoms with Gasteiger partial charge in [-0.15, -0.1) is 0 Å². The number of carbonyl (C=O) groups excluding carboxylic acids is 1. The summed E-state index contributed by atoms with van der Waals surface area (Å²) in [4.78, 5) is 14.8. The molecule has 0 saturated carbocycles. The number of nitrogens with zero attached hydrogens (tertiary/aromatic N) is 1. The van der Waals surface area contributed by atoms with Crippen LogP contribution in [0.3, 0.4) is 0 Å². The Balaban J connectivity index is 1.67. The van der Waals surface area contributed by atoms with Crippen molar-refractivity contribution in [2.45, 2.75) is 37.9 Å². The van der Waals surface area contributed by atoms with Crippen LogP contribution in [-0.2, 0) is 6.54 Å². The molecule has 2 aliphatic rings. The average Bonchev–Trinajstić information content (AvgIpc) is 3.04. The van der Waals surface area contributed by atoms with Gasteiger partial charge >= 0.3 is 0 Å². The van der Waals surface area contributed by atoms with E-state index in [0.717, 1.165) is 24.1 Å². The van der Waals surface area contributed by atoms with Crippen molar-refractivity contribution in [3.8, 4) is 0 Å². The van der Waals surface area contributed by atoms with Gasteiger partial charge in [-0.3, -0.25) is 9.69 Å². The van der Waals surface area contributed by atoms with Crippen LogP contribution in [0.15, 0.2) is 24.3 Å². The molecular weight excluding hydrogens is 238 g/mol. The topological polar surface area (TPSA) is 58.4 Å². The molecule has 0 aromatic heterocycles. The van der Waals surface area contributed by atoms with Crippen LogP contribution in [0.4, 0.5) is 0 Å². The third-order valence-corrected chi connectivity index (χ3v) is 4.35. The van der Waals surface area contributed by atoms with Gasteiger partial charge in [-0.2, -0.15) is 0 Å². The second-order valence-corrected chi connectivity index (χ2v) is 5.52. The van der Waals surface area contributed by atoms with Crippen LogP contribution in [0.25, 0.3) is 0 Å². The van der Waals surface area contributed by atoms with Gasteiger partial charge in [-0.25, -0.2) is 0 Å². The molecule has 0 spiro atoms. The highest BCUT2D eigenvalue weighted by molar-refractivity contribution is 5.94. The standard InChI is InChI=1S/C15H21N3O/c16-10-11-3-1-4-12(9-11)15(19)17-13-6-8-18-7-2-5-14(13)18/h1,3-4,9,13-14H,2,5-8,10,16H2,(H,17,19). The number of nitrogens with two attached hydrogens (primary N) is 1. The van der Waals surface area contributed by atoms with E-state index in [-0.39, 0.29) is 5.91 Å². The molecule has 3 rings (SSSR count). The van der Waals surface area contributed by atoms with Gasteiger partial charge in [0.05, 0.1) is 0 Å². The molecule has 0 aliphatic carbocycles. The number of amides is 1. The molecule has 4 heteroatoms. The highest BCUT2D eigenvalue weighted by Crippen LogP contribution is 2.28. The number of fused-ring (bicyclic) bond motifs is 1. The van der Waals surface area contributed by atoms with E-state index in [1.165, 1.54) is 19.4 Å². The summed E-state index contributed by atoms with van der Waals surface area (Å²) >= 11 is 0. The van der Waals surface area contributed by atoms with Gasteiger partial charge in [-0.05, 0) is 43.5 Å². The molecule has 2 fully saturated rings. The summed E-state index contributed by atoms with van der Waals surface area (Å²) in [6.07, 6.45) is 3.56. The van der Waals surface area contributed by atoms with Crippen LogP contribution in [0, 0.1) is 0 Å². The Labute approximate surface area is 114 Å². The lowest BCUT2D eigenvalue weighted by Gasteiger charge is -2.21. The van der Waals surface area contributed by atoms with E-state index in [9.17, 15) is 4.79 Å². The molecule has 2 heterocycles. The van der Waals surface area contributed by atoms with Crippen LogP contribution >= 0.6 is 0 Å². The zero-order valence-electron chi connectivity index (χ0n) is 11.1. The minimum Gasteiger partial charge on any atom is -0.348 e. The summed E-state index contributed by atoms with van der Waals surface area (Å²) in [7, 11) is 0. The fourth-order valence-corrected chi connectivity index (χ4v) is 3.34. The molecule has 102 valence electrons. The van der Waals surface area contributed by atoms with E-state index in [4.69, 9.17) is 5.73 Å². The molecule has 0 radical (unpaired) electrons. The second kappa shape index (κ2) is 5.31. The Hall–Kier alpha value is -1.39. The van der Waals surface area contributed by atoms with Crippen LogP contribution < -0.4 is 11.1 Å². The molecule has 2 aliphatic heterocycles. The number of rotatable bonds is 3. The predicted octanol–water partition coefficient (Wildman–Crippen LogP) is 1.11. The second-order valence-electron chi connectivity index (χ2n) is 5.52. The molecule has 3 N–H and O–H groups in total. The van der Waals surface area contributed by atoms with Gasteiger partial charge in [-0.1, -0.05) is 12.1 Å². The smallest absolute Gasteiger partial charge is 0.251 e. The van der Waals surface area contributed by atoms with E-state index in [0.29, 0.717) is 18.6 Å². The third-order valence-electron chi connectivity index (χ3n) is 4.35. The normalized spacial score (nSPS) is 26.4. The van der Waals surface area contributed by atoms with E-state index < -0.39 is 0 Å². The van der Waals surface area contributed by atoms with Crippen molar-refractivity contribution in [3.63, 3.8) is 0 Å². The molecule has 1 amide bonds. The quantitative estimate of drug-likeness (QED) is 0.855. The lowest BCUT2D eigenvalue weighted by molar-refractivity contribution is 0.0929. The lowest BCUT2D eigenvalue weighted by atomic mass is 10.1. The van der Waals surface area contributed by atoms with Gasteiger partial charge in [0.25, 0.3) is 5.91 Å². The highest BCUT2D eigenvalue weighted by atomic mass is 16.1. The zero-order chi connectivity index (χ0) is 13.2. The molecular formula is C15H21N3O. The minimum absolute atomic E-state index is 0.0362. The van der Waals surface area contributed by atoms with Crippen molar-refractivity contribution in [1.29, 1.82) is 0 Å². The Bertz CT molecular complexity index is 474. The largest absolute Gasteiger partial charge is 0.348 e. The van der Waals surface area contributed by atoms with Crippen molar-refractivity contribution in [2.24, 2.45) is 5.73 Å². The Morgan fingerprint density at radius 3 is 3.11 bits per heavy atom. The van der Waals surface area contributed by atoms with Crippen molar-refractivity contribution in [3.05, 3.63) is 35.4 Å². The van der Waals surface area contributed by atoms with Gasteiger partial charge < -0.3 is 11.1 Å². The lowest BCUT2D eigenvalue weighted by Crippen LogP contribution is -2.42. The maximum Gasteiger partial charge on any atom is 0.251 e. The third kappa shape index (κ3) is 2.51. The van der Waals surface area contributed by atoms with Crippen molar-refractivity contribution < 1.29 is 4.79 Å². The number of carbonyl (C=O) groups is 1. The van der Waals surface area contributed by atoms with E-state index in [1.54, 1.807) is 0 Å². The minimum atomic E-state index is 0.0362. The van der Waals surface area contributed by atoms with Gasteiger partial charge in [0.1, 0.15) is 0 Å².